The van der Waals surface area contributed by atoms with E-state index in [1.54, 1.807) is 24.3 Å². The van der Waals surface area contributed by atoms with E-state index in [1.165, 1.54) is 7.11 Å². The second kappa shape index (κ2) is 9.54. The number of hydrogen-bond acceptors (Lipinski definition) is 7. The molecule has 1 aliphatic rings. The highest BCUT2D eigenvalue weighted by Gasteiger charge is 2.50. The average Bonchev–Trinajstić information content (AvgIpc) is 3.49. The minimum Gasteiger partial charge on any atom is -0.465 e. The third-order valence-electron chi connectivity index (χ3n) is 5.86. The second-order valence-electron chi connectivity index (χ2n) is 8.15. The number of hydrogen-bond donors (Lipinski definition) is 1. The van der Waals surface area contributed by atoms with Crippen LogP contribution >= 0.6 is 0 Å². The summed E-state index contributed by atoms with van der Waals surface area (Å²) in [5, 5.41) is 4.09. The number of ether oxygens (including phenoxy) is 1. The van der Waals surface area contributed by atoms with Crippen molar-refractivity contribution in [2.24, 2.45) is 10.7 Å². The van der Waals surface area contributed by atoms with Crippen LogP contribution in [-0.4, -0.2) is 35.4 Å². The van der Waals surface area contributed by atoms with Crippen molar-refractivity contribution in [3.05, 3.63) is 88.6 Å². The first-order valence-electron chi connectivity index (χ1n) is 10.7. The predicted octanol–water partition coefficient (Wildman–Crippen LogP) is 4.45. The van der Waals surface area contributed by atoms with E-state index in [9.17, 15) is 13.6 Å². The number of benzene rings is 2. The van der Waals surface area contributed by atoms with Crippen molar-refractivity contribution in [2.45, 2.75) is 38.2 Å². The number of nitrogens with zero attached hydrogens (tertiary/aromatic N) is 3. The lowest BCUT2D eigenvalue weighted by Crippen LogP contribution is -2.13. The normalized spacial score (nSPS) is 15.4. The van der Waals surface area contributed by atoms with Crippen molar-refractivity contribution in [3.63, 3.8) is 0 Å². The van der Waals surface area contributed by atoms with Crippen LogP contribution in [0.4, 0.5) is 8.78 Å². The van der Waals surface area contributed by atoms with Crippen LogP contribution in [0.5, 0.6) is 0 Å². The summed E-state index contributed by atoms with van der Waals surface area (Å²) in [5.41, 5.74) is 8.35. The molecule has 1 fully saturated rings. The number of nitrogens with two attached hydrogens (primary N) is 1. The Hall–Kier alpha value is -3.88. The van der Waals surface area contributed by atoms with Gasteiger partial charge in [0.05, 0.1) is 30.3 Å². The zero-order valence-corrected chi connectivity index (χ0v) is 18.8. The van der Waals surface area contributed by atoms with E-state index < -0.39 is 18.1 Å². The van der Waals surface area contributed by atoms with Crippen molar-refractivity contribution in [1.82, 2.24) is 10.1 Å². The SMILES string of the molecule is COC(=O)c1ccc(CN=C(/C=C(\N)c2nc(C3(c4ccccc4C)CC3)no2)C(F)F)cc1. The van der Waals surface area contributed by atoms with Crippen LogP contribution in [0, 0.1) is 6.92 Å². The van der Waals surface area contributed by atoms with Crippen LogP contribution in [-0.2, 0) is 16.7 Å². The van der Waals surface area contributed by atoms with Gasteiger partial charge >= 0.3 is 5.97 Å². The summed E-state index contributed by atoms with van der Waals surface area (Å²) in [4.78, 5) is 19.9. The first-order chi connectivity index (χ1) is 16.3. The number of aromatic nitrogens is 2. The van der Waals surface area contributed by atoms with Gasteiger partial charge in [0.15, 0.2) is 5.82 Å². The van der Waals surface area contributed by atoms with Gasteiger partial charge in [-0.2, -0.15) is 4.98 Å². The Bertz CT molecular complexity index is 1250. The third-order valence-corrected chi connectivity index (χ3v) is 5.86. The molecule has 0 bridgehead atoms. The Kier molecular flexibility index (Phi) is 6.54. The van der Waals surface area contributed by atoms with E-state index in [4.69, 9.17) is 10.3 Å². The topological polar surface area (TPSA) is 104 Å². The zero-order chi connectivity index (χ0) is 24.3. The largest absolute Gasteiger partial charge is 0.465 e. The molecular formula is C25H24F2N4O3. The molecule has 0 atom stereocenters. The van der Waals surface area contributed by atoms with E-state index in [-0.39, 0.29) is 23.5 Å². The number of allylic oxidation sites excluding steroid dienone is 1. The fraction of sp³-hybridized carbons (Fsp3) is 0.280. The molecule has 34 heavy (non-hydrogen) atoms. The Morgan fingerprint density at radius 1 is 1.24 bits per heavy atom. The molecule has 2 aromatic carbocycles. The van der Waals surface area contributed by atoms with Crippen LogP contribution < -0.4 is 5.73 Å². The molecule has 1 aromatic heterocycles. The first kappa shape index (κ1) is 23.3. The van der Waals surface area contributed by atoms with Gasteiger partial charge < -0.3 is 15.0 Å². The van der Waals surface area contributed by atoms with Crippen molar-refractivity contribution in [2.75, 3.05) is 7.11 Å². The number of esters is 1. The van der Waals surface area contributed by atoms with Gasteiger partial charge in [0, 0.05) is 0 Å². The molecule has 0 saturated heterocycles. The molecule has 0 unspecified atom stereocenters. The summed E-state index contributed by atoms with van der Waals surface area (Å²) in [6, 6.07) is 14.3. The van der Waals surface area contributed by atoms with Crippen molar-refractivity contribution in [1.29, 1.82) is 0 Å². The Balaban J connectivity index is 1.53. The quantitative estimate of drug-likeness (QED) is 0.389. The molecule has 0 spiro atoms. The first-order valence-corrected chi connectivity index (χ1v) is 10.7. The molecule has 176 valence electrons. The lowest BCUT2D eigenvalue weighted by Gasteiger charge is -2.13. The van der Waals surface area contributed by atoms with Gasteiger partial charge in [-0.3, -0.25) is 4.99 Å². The Morgan fingerprint density at radius 3 is 2.56 bits per heavy atom. The number of rotatable bonds is 8. The number of aliphatic imine (C=N–C) groups is 1. The summed E-state index contributed by atoms with van der Waals surface area (Å²) in [6.45, 7) is 2.01. The smallest absolute Gasteiger partial charge is 0.337 e. The molecule has 3 aromatic rings. The standard InChI is InChI=1S/C25H24F2N4O3/c1-15-5-3-4-6-18(15)25(11-12-25)24-30-22(34-31-24)19(28)13-20(21(26)27)29-14-16-7-9-17(10-8-16)23(32)33-2/h3-10,13,21H,11-12,14,28H2,1-2H3/b19-13-,29-20?. The van der Waals surface area contributed by atoms with Gasteiger partial charge in [-0.25, -0.2) is 13.6 Å². The average molecular weight is 466 g/mol. The lowest BCUT2D eigenvalue weighted by atomic mass is 9.91. The zero-order valence-electron chi connectivity index (χ0n) is 18.8. The van der Waals surface area contributed by atoms with Gasteiger partial charge in [0.25, 0.3) is 12.3 Å². The van der Waals surface area contributed by atoms with Crippen LogP contribution in [0.3, 0.4) is 0 Å². The molecule has 7 nitrogen and oxygen atoms in total. The van der Waals surface area contributed by atoms with Crippen molar-refractivity contribution in [3.8, 4) is 0 Å². The summed E-state index contributed by atoms with van der Waals surface area (Å²) in [6.07, 6.45) is -0.0484. The van der Waals surface area contributed by atoms with E-state index in [0.717, 1.165) is 30.0 Å². The summed E-state index contributed by atoms with van der Waals surface area (Å²) < 4.78 is 37.2. The number of carbonyl (C=O) groups is 1. The van der Waals surface area contributed by atoms with Crippen LogP contribution in [0.1, 0.15) is 51.6 Å². The maximum Gasteiger partial charge on any atom is 0.337 e. The highest BCUT2D eigenvalue weighted by Crippen LogP contribution is 2.53. The predicted molar refractivity (Wildman–Crippen MR) is 123 cm³/mol. The summed E-state index contributed by atoms with van der Waals surface area (Å²) >= 11 is 0. The summed E-state index contributed by atoms with van der Waals surface area (Å²) in [5.74, 6) is -0.00613. The Labute approximate surface area is 195 Å². The van der Waals surface area contributed by atoms with Gasteiger partial charge in [-0.15, -0.1) is 0 Å². The van der Waals surface area contributed by atoms with E-state index >= 15 is 0 Å². The number of alkyl halides is 2. The molecule has 0 amide bonds. The summed E-state index contributed by atoms with van der Waals surface area (Å²) in [7, 11) is 1.28. The molecule has 9 heteroatoms. The van der Waals surface area contributed by atoms with E-state index in [2.05, 4.69) is 19.9 Å². The van der Waals surface area contributed by atoms with Gasteiger partial charge in [-0.1, -0.05) is 41.6 Å². The van der Waals surface area contributed by atoms with E-state index in [1.807, 2.05) is 31.2 Å². The molecule has 1 saturated carbocycles. The number of carbonyl (C=O) groups excluding carboxylic acids is 1. The van der Waals surface area contributed by atoms with Crippen molar-refractivity contribution >= 4 is 17.4 Å². The fourth-order valence-corrected chi connectivity index (χ4v) is 3.83. The number of halogens is 2. The minimum absolute atomic E-state index is 0.0175. The monoisotopic (exact) mass is 466 g/mol. The minimum atomic E-state index is -2.85. The van der Waals surface area contributed by atoms with Gasteiger partial charge in [-0.05, 0) is 54.7 Å². The molecule has 4 rings (SSSR count). The highest BCUT2D eigenvalue weighted by atomic mass is 19.3. The lowest BCUT2D eigenvalue weighted by molar-refractivity contribution is 0.0600. The second-order valence-corrected chi connectivity index (χ2v) is 8.15. The molecule has 0 radical (unpaired) electrons. The number of methoxy groups -OCH3 is 1. The van der Waals surface area contributed by atoms with Crippen LogP contribution in [0.2, 0.25) is 0 Å². The molecule has 1 aliphatic carbocycles. The fourth-order valence-electron chi connectivity index (χ4n) is 3.83. The Morgan fingerprint density at radius 2 is 1.94 bits per heavy atom. The van der Waals surface area contributed by atoms with Crippen LogP contribution in [0.25, 0.3) is 5.70 Å². The molecular weight excluding hydrogens is 442 g/mol. The van der Waals surface area contributed by atoms with Gasteiger partial charge in [0.2, 0.25) is 0 Å². The van der Waals surface area contributed by atoms with Crippen molar-refractivity contribution < 1.29 is 22.8 Å². The molecule has 2 N–H and O–H groups in total. The molecule has 0 aliphatic heterocycles. The third kappa shape index (κ3) is 4.73. The van der Waals surface area contributed by atoms with E-state index in [0.29, 0.717) is 17.0 Å². The molecule has 1 heterocycles. The van der Waals surface area contributed by atoms with Crippen LogP contribution in [0.15, 0.2) is 64.1 Å². The maximum absolute atomic E-state index is 13.6. The highest BCUT2D eigenvalue weighted by molar-refractivity contribution is 6.02. The van der Waals surface area contributed by atoms with Gasteiger partial charge in [0.1, 0.15) is 5.71 Å². The maximum atomic E-state index is 13.6. The number of aryl methyl sites for hydroxylation is 1.